The number of hydrogen-bond donors (Lipinski definition) is 0. The molecular formula is C41H24N2OS2. The van der Waals surface area contributed by atoms with Gasteiger partial charge in [0.15, 0.2) is 5.58 Å². The Bertz CT molecular complexity index is 2770. The second-order valence-electron chi connectivity index (χ2n) is 11.6. The van der Waals surface area contributed by atoms with Crippen LogP contribution in [-0.4, -0.2) is 4.98 Å². The lowest BCUT2D eigenvalue weighted by atomic mass is 10.0. The van der Waals surface area contributed by atoms with E-state index in [1.54, 1.807) is 0 Å². The van der Waals surface area contributed by atoms with Gasteiger partial charge < -0.3 is 9.32 Å². The molecule has 0 N–H and O–H groups in total. The van der Waals surface area contributed by atoms with Crippen molar-refractivity contribution in [2.45, 2.75) is 0 Å². The van der Waals surface area contributed by atoms with Crippen LogP contribution in [0.15, 0.2) is 150 Å². The van der Waals surface area contributed by atoms with Gasteiger partial charge in [-0.2, -0.15) is 0 Å². The summed E-state index contributed by atoms with van der Waals surface area (Å²) in [6.45, 7) is 0. The summed E-state index contributed by atoms with van der Waals surface area (Å²) in [6.07, 6.45) is 0. The smallest absolute Gasteiger partial charge is 0.227 e. The number of nitrogens with zero attached hydrogens (tertiary/aromatic N) is 2. The van der Waals surface area contributed by atoms with Crippen molar-refractivity contribution in [3.63, 3.8) is 0 Å². The molecule has 7 aromatic carbocycles. The quantitative estimate of drug-likeness (QED) is 0.195. The van der Waals surface area contributed by atoms with Crippen molar-refractivity contribution in [3.05, 3.63) is 146 Å². The third kappa shape index (κ3) is 3.92. The highest BCUT2D eigenvalue weighted by Crippen LogP contribution is 2.46. The molecule has 10 aromatic rings. The molecule has 5 heteroatoms. The van der Waals surface area contributed by atoms with Gasteiger partial charge in [-0.25, -0.2) is 4.98 Å². The highest BCUT2D eigenvalue weighted by Gasteiger charge is 2.22. The van der Waals surface area contributed by atoms with Crippen molar-refractivity contribution in [2.75, 3.05) is 4.90 Å². The Morgan fingerprint density at radius 3 is 1.85 bits per heavy atom. The summed E-state index contributed by atoms with van der Waals surface area (Å²) in [7, 11) is 0. The summed E-state index contributed by atoms with van der Waals surface area (Å²) in [5.41, 5.74) is 5.88. The Kier molecular flexibility index (Phi) is 5.61. The van der Waals surface area contributed by atoms with Gasteiger partial charge in [0.2, 0.25) is 5.89 Å². The third-order valence-corrected chi connectivity index (χ3v) is 11.2. The standard InChI is InChI=1S/C41H24N2OS2/c1-2-10-25(11-3-1)41-42-34-24-35(28-12-4-5-15-32(28)40(34)44-41)43(26-19-21-38-33(22-26)30-14-7-9-17-37(30)45-38)27-18-20-31-29-13-6-8-16-36(29)46-39(31)23-27/h1-24H. The van der Waals surface area contributed by atoms with Crippen LogP contribution < -0.4 is 4.90 Å². The van der Waals surface area contributed by atoms with Gasteiger partial charge in [-0.15, -0.1) is 22.7 Å². The number of benzene rings is 7. The third-order valence-electron chi connectivity index (χ3n) is 8.88. The Labute approximate surface area is 272 Å². The summed E-state index contributed by atoms with van der Waals surface area (Å²) in [5.74, 6) is 0.627. The van der Waals surface area contributed by atoms with Gasteiger partial charge >= 0.3 is 0 Å². The molecule has 0 bridgehead atoms. The number of anilines is 3. The molecule has 216 valence electrons. The van der Waals surface area contributed by atoms with Crippen LogP contribution in [0, 0.1) is 0 Å². The average molecular weight is 625 g/mol. The molecule has 0 aliphatic carbocycles. The van der Waals surface area contributed by atoms with Crippen LogP contribution >= 0.6 is 22.7 Å². The molecular weight excluding hydrogens is 601 g/mol. The molecule has 0 aliphatic heterocycles. The normalized spacial score (nSPS) is 11.9. The van der Waals surface area contributed by atoms with Crippen molar-refractivity contribution >= 4 is 102 Å². The van der Waals surface area contributed by atoms with Crippen molar-refractivity contribution in [3.8, 4) is 11.5 Å². The van der Waals surface area contributed by atoms with E-state index in [-0.39, 0.29) is 0 Å². The molecule has 0 saturated heterocycles. The minimum Gasteiger partial charge on any atom is -0.435 e. The van der Waals surface area contributed by atoms with Crippen LogP contribution in [0.2, 0.25) is 0 Å². The molecule has 0 unspecified atom stereocenters. The minimum atomic E-state index is 0.627. The highest BCUT2D eigenvalue weighted by atomic mass is 32.1. The van der Waals surface area contributed by atoms with Gasteiger partial charge in [-0.1, -0.05) is 84.9 Å². The predicted molar refractivity (Wildman–Crippen MR) is 197 cm³/mol. The van der Waals surface area contributed by atoms with Crippen LogP contribution in [0.25, 0.3) is 73.7 Å². The average Bonchev–Trinajstić information content (AvgIpc) is 3.82. The van der Waals surface area contributed by atoms with Gasteiger partial charge in [0.05, 0.1) is 5.69 Å². The molecule has 0 spiro atoms. The Balaban J connectivity index is 1.27. The Morgan fingerprint density at radius 2 is 1.04 bits per heavy atom. The maximum absolute atomic E-state index is 6.47. The predicted octanol–water partition coefficient (Wildman–Crippen LogP) is 12.9. The molecule has 10 rings (SSSR count). The molecule has 46 heavy (non-hydrogen) atoms. The van der Waals surface area contributed by atoms with E-state index in [1.165, 1.54) is 40.3 Å². The monoisotopic (exact) mass is 624 g/mol. The fourth-order valence-electron chi connectivity index (χ4n) is 6.76. The fraction of sp³-hybridized carbons (Fsp3) is 0. The van der Waals surface area contributed by atoms with Crippen molar-refractivity contribution in [1.82, 2.24) is 4.98 Å². The van der Waals surface area contributed by atoms with Gasteiger partial charge in [0, 0.05) is 68.1 Å². The first-order valence-corrected chi connectivity index (χ1v) is 16.9. The molecule has 0 saturated carbocycles. The molecule has 0 radical (unpaired) electrons. The lowest BCUT2D eigenvalue weighted by molar-refractivity contribution is 0.623. The van der Waals surface area contributed by atoms with Crippen LogP contribution in [0.1, 0.15) is 0 Å². The second kappa shape index (κ2) is 10.0. The largest absolute Gasteiger partial charge is 0.435 e. The first kappa shape index (κ1) is 25.8. The number of hydrogen-bond acceptors (Lipinski definition) is 5. The maximum atomic E-state index is 6.47. The minimum absolute atomic E-state index is 0.627. The number of rotatable bonds is 4. The Hall–Kier alpha value is -5.49. The van der Waals surface area contributed by atoms with E-state index in [0.717, 1.165) is 44.5 Å². The van der Waals surface area contributed by atoms with Crippen molar-refractivity contribution in [2.24, 2.45) is 0 Å². The summed E-state index contributed by atoms with van der Waals surface area (Å²) in [6, 6.07) is 52.0. The molecule has 0 atom stereocenters. The lowest BCUT2D eigenvalue weighted by Crippen LogP contribution is -2.10. The van der Waals surface area contributed by atoms with Gasteiger partial charge in [0.1, 0.15) is 5.52 Å². The van der Waals surface area contributed by atoms with E-state index < -0.39 is 0 Å². The fourth-order valence-corrected chi connectivity index (χ4v) is 8.98. The zero-order valence-electron chi connectivity index (χ0n) is 24.5. The van der Waals surface area contributed by atoms with Crippen LogP contribution in [-0.2, 0) is 0 Å². The number of thiophene rings is 2. The van der Waals surface area contributed by atoms with Crippen LogP contribution in [0.5, 0.6) is 0 Å². The van der Waals surface area contributed by atoms with E-state index in [1.807, 2.05) is 53.0 Å². The first-order valence-electron chi connectivity index (χ1n) is 15.3. The van der Waals surface area contributed by atoms with E-state index in [2.05, 4.69) is 120 Å². The molecule has 0 aliphatic rings. The molecule has 0 amide bonds. The van der Waals surface area contributed by atoms with Crippen LogP contribution in [0.4, 0.5) is 17.1 Å². The highest BCUT2D eigenvalue weighted by molar-refractivity contribution is 7.26. The van der Waals surface area contributed by atoms with Gasteiger partial charge in [0.25, 0.3) is 0 Å². The van der Waals surface area contributed by atoms with Gasteiger partial charge in [-0.05, 0) is 60.7 Å². The summed E-state index contributed by atoms with van der Waals surface area (Å²) in [5, 5.41) is 7.29. The molecule has 3 heterocycles. The number of aromatic nitrogens is 1. The zero-order valence-corrected chi connectivity index (χ0v) is 26.1. The zero-order chi connectivity index (χ0) is 30.2. The van der Waals surface area contributed by atoms with Crippen molar-refractivity contribution in [1.29, 1.82) is 0 Å². The van der Waals surface area contributed by atoms with Crippen molar-refractivity contribution < 1.29 is 4.42 Å². The molecule has 3 aromatic heterocycles. The molecule has 0 fully saturated rings. The van der Waals surface area contributed by atoms with Crippen LogP contribution in [0.3, 0.4) is 0 Å². The summed E-state index contributed by atoms with van der Waals surface area (Å²) < 4.78 is 11.6. The summed E-state index contributed by atoms with van der Waals surface area (Å²) >= 11 is 3.69. The second-order valence-corrected chi connectivity index (χ2v) is 13.7. The van der Waals surface area contributed by atoms with E-state index in [4.69, 9.17) is 9.40 Å². The van der Waals surface area contributed by atoms with Gasteiger partial charge in [-0.3, -0.25) is 0 Å². The molecule has 3 nitrogen and oxygen atoms in total. The Morgan fingerprint density at radius 1 is 0.457 bits per heavy atom. The first-order chi connectivity index (χ1) is 22.8. The topological polar surface area (TPSA) is 29.3 Å². The lowest BCUT2D eigenvalue weighted by Gasteiger charge is -2.27. The summed E-state index contributed by atoms with van der Waals surface area (Å²) in [4.78, 5) is 7.43. The van der Waals surface area contributed by atoms with E-state index in [0.29, 0.717) is 5.89 Å². The number of fused-ring (bicyclic) bond motifs is 9. The maximum Gasteiger partial charge on any atom is 0.227 e. The number of oxazole rings is 1. The van der Waals surface area contributed by atoms with E-state index >= 15 is 0 Å². The van der Waals surface area contributed by atoms with E-state index in [9.17, 15) is 0 Å². The SMILES string of the molecule is c1ccc(-c2nc3cc(N(c4ccc5c(c4)sc4ccccc45)c4ccc5sc6ccccc6c5c4)c4ccccc4c3o2)cc1.